The standard InChI is InChI=1S/C16H24BrNO/c17-7-2-8-18(12-3-1-4-12)16(19)15-13-10-5-6-11(9-10)14(13)15/h10-15H,1-9H2. The Labute approximate surface area is 124 Å². The normalized spacial score (nSPS) is 42.9. The molecule has 19 heavy (non-hydrogen) atoms. The summed E-state index contributed by atoms with van der Waals surface area (Å²) in [5.41, 5.74) is 0. The minimum absolute atomic E-state index is 0.446. The van der Waals surface area contributed by atoms with Gasteiger partial charge in [0.1, 0.15) is 0 Å². The van der Waals surface area contributed by atoms with Gasteiger partial charge in [-0.05, 0) is 68.6 Å². The van der Waals surface area contributed by atoms with Crippen LogP contribution in [0.1, 0.15) is 44.9 Å². The first kappa shape index (κ1) is 12.7. The Kier molecular flexibility index (Phi) is 3.17. The summed E-state index contributed by atoms with van der Waals surface area (Å²) in [6.07, 6.45) is 9.22. The second-order valence-corrected chi connectivity index (χ2v) is 7.97. The molecule has 0 saturated heterocycles. The molecule has 3 heteroatoms. The van der Waals surface area contributed by atoms with Crippen molar-refractivity contribution < 1.29 is 4.79 Å². The van der Waals surface area contributed by atoms with Crippen molar-refractivity contribution in [2.75, 3.05) is 11.9 Å². The van der Waals surface area contributed by atoms with Gasteiger partial charge in [0, 0.05) is 23.8 Å². The second kappa shape index (κ2) is 4.75. The van der Waals surface area contributed by atoms with Crippen molar-refractivity contribution in [3.8, 4) is 0 Å². The minimum Gasteiger partial charge on any atom is -0.339 e. The van der Waals surface area contributed by atoms with Gasteiger partial charge in [-0.25, -0.2) is 0 Å². The van der Waals surface area contributed by atoms with Crippen molar-refractivity contribution in [2.45, 2.75) is 51.0 Å². The Balaban J connectivity index is 1.43. The van der Waals surface area contributed by atoms with Gasteiger partial charge < -0.3 is 4.90 Å². The Hall–Kier alpha value is -0.0500. The topological polar surface area (TPSA) is 20.3 Å². The second-order valence-electron chi connectivity index (χ2n) is 7.17. The van der Waals surface area contributed by atoms with Crippen molar-refractivity contribution in [3.05, 3.63) is 0 Å². The van der Waals surface area contributed by atoms with E-state index >= 15 is 0 Å². The lowest BCUT2D eigenvalue weighted by molar-refractivity contribution is -0.137. The van der Waals surface area contributed by atoms with Crippen molar-refractivity contribution in [3.63, 3.8) is 0 Å². The maximum absolute atomic E-state index is 12.9. The molecule has 4 saturated carbocycles. The highest BCUT2D eigenvalue weighted by Gasteiger charge is 2.68. The number of amides is 1. The summed E-state index contributed by atoms with van der Waals surface area (Å²) in [4.78, 5) is 15.2. The van der Waals surface area contributed by atoms with Crippen molar-refractivity contribution >= 4 is 21.8 Å². The Bertz CT molecular complexity index is 365. The van der Waals surface area contributed by atoms with E-state index in [0.717, 1.165) is 42.0 Å². The van der Waals surface area contributed by atoms with Crippen LogP contribution < -0.4 is 0 Å². The first-order chi connectivity index (χ1) is 9.31. The molecule has 4 rings (SSSR count). The van der Waals surface area contributed by atoms with Crippen LogP contribution in [-0.4, -0.2) is 28.7 Å². The zero-order valence-corrected chi connectivity index (χ0v) is 13.1. The molecule has 0 aliphatic heterocycles. The zero-order valence-electron chi connectivity index (χ0n) is 11.6. The van der Waals surface area contributed by atoms with Gasteiger partial charge in [-0.2, -0.15) is 0 Å². The van der Waals surface area contributed by atoms with E-state index < -0.39 is 0 Å². The van der Waals surface area contributed by atoms with Crippen LogP contribution in [0.2, 0.25) is 0 Å². The maximum Gasteiger partial charge on any atom is 0.226 e. The van der Waals surface area contributed by atoms with Crippen LogP contribution in [0.15, 0.2) is 0 Å². The first-order valence-corrected chi connectivity index (χ1v) is 9.30. The molecule has 0 heterocycles. The lowest BCUT2D eigenvalue weighted by atomic mass is 9.90. The fourth-order valence-corrected chi connectivity index (χ4v) is 5.50. The predicted octanol–water partition coefficient (Wildman–Crippen LogP) is 3.44. The molecule has 4 fully saturated rings. The molecular weight excluding hydrogens is 302 g/mol. The van der Waals surface area contributed by atoms with E-state index in [1.807, 2.05) is 0 Å². The monoisotopic (exact) mass is 325 g/mol. The summed E-state index contributed by atoms with van der Waals surface area (Å²) < 4.78 is 0. The number of fused-ring (bicyclic) bond motifs is 5. The lowest BCUT2D eigenvalue weighted by Gasteiger charge is -2.38. The zero-order chi connectivity index (χ0) is 13.0. The summed E-state index contributed by atoms with van der Waals surface area (Å²) >= 11 is 3.51. The van der Waals surface area contributed by atoms with Crippen LogP contribution in [0, 0.1) is 29.6 Å². The summed E-state index contributed by atoms with van der Waals surface area (Å²) in [5, 5.41) is 1.02. The van der Waals surface area contributed by atoms with E-state index in [-0.39, 0.29) is 0 Å². The molecule has 0 aromatic heterocycles. The average molecular weight is 326 g/mol. The molecule has 0 spiro atoms. The SMILES string of the molecule is O=C(C1C2C3CCC(C3)C12)N(CCCBr)C1CCC1. The largest absolute Gasteiger partial charge is 0.339 e. The first-order valence-electron chi connectivity index (χ1n) is 8.17. The number of carbonyl (C=O) groups is 1. The molecule has 1 amide bonds. The van der Waals surface area contributed by atoms with Gasteiger partial charge in [0.25, 0.3) is 0 Å². The quantitative estimate of drug-likeness (QED) is 0.709. The number of hydrogen-bond acceptors (Lipinski definition) is 1. The molecule has 4 aliphatic rings. The van der Waals surface area contributed by atoms with Crippen molar-refractivity contribution in [2.24, 2.45) is 29.6 Å². The average Bonchev–Trinajstić information content (AvgIpc) is 2.79. The molecule has 0 aromatic carbocycles. The van der Waals surface area contributed by atoms with E-state index in [4.69, 9.17) is 0 Å². The van der Waals surface area contributed by atoms with Gasteiger partial charge in [-0.3, -0.25) is 4.79 Å². The number of rotatable bonds is 5. The van der Waals surface area contributed by atoms with Gasteiger partial charge in [0.2, 0.25) is 5.91 Å². The van der Waals surface area contributed by atoms with Crippen LogP contribution in [0.25, 0.3) is 0 Å². The predicted molar refractivity (Wildman–Crippen MR) is 79.1 cm³/mol. The molecular formula is C16H24BrNO. The fourth-order valence-electron chi connectivity index (χ4n) is 5.25. The van der Waals surface area contributed by atoms with Crippen LogP contribution >= 0.6 is 15.9 Å². The van der Waals surface area contributed by atoms with Crippen molar-refractivity contribution in [1.29, 1.82) is 0 Å². The Morgan fingerprint density at radius 3 is 2.32 bits per heavy atom. The minimum atomic E-state index is 0.446. The van der Waals surface area contributed by atoms with Crippen LogP contribution in [0.4, 0.5) is 0 Å². The highest BCUT2D eigenvalue weighted by Crippen LogP contribution is 2.69. The third kappa shape index (κ3) is 1.91. The van der Waals surface area contributed by atoms with Gasteiger partial charge in [-0.1, -0.05) is 15.9 Å². The van der Waals surface area contributed by atoms with Crippen LogP contribution in [0.3, 0.4) is 0 Å². The fraction of sp³-hybridized carbons (Fsp3) is 0.938. The number of alkyl halides is 1. The Morgan fingerprint density at radius 2 is 1.79 bits per heavy atom. The Morgan fingerprint density at radius 1 is 1.11 bits per heavy atom. The molecule has 2 nitrogen and oxygen atoms in total. The molecule has 4 unspecified atom stereocenters. The summed E-state index contributed by atoms with van der Waals surface area (Å²) in [6, 6.07) is 0.588. The lowest BCUT2D eigenvalue weighted by Crippen LogP contribution is -2.46. The van der Waals surface area contributed by atoms with Gasteiger partial charge in [-0.15, -0.1) is 0 Å². The molecule has 4 aliphatic carbocycles. The van der Waals surface area contributed by atoms with E-state index in [1.54, 1.807) is 0 Å². The number of nitrogens with zero attached hydrogens (tertiary/aromatic N) is 1. The van der Waals surface area contributed by atoms with Gasteiger partial charge in [0.05, 0.1) is 0 Å². The molecule has 0 N–H and O–H groups in total. The smallest absolute Gasteiger partial charge is 0.226 e. The highest BCUT2D eigenvalue weighted by atomic mass is 79.9. The number of halogens is 1. The third-order valence-corrected chi connectivity index (χ3v) is 6.91. The van der Waals surface area contributed by atoms with E-state index in [9.17, 15) is 4.79 Å². The maximum atomic E-state index is 12.9. The summed E-state index contributed by atoms with van der Waals surface area (Å²) in [7, 11) is 0. The van der Waals surface area contributed by atoms with Crippen molar-refractivity contribution in [1.82, 2.24) is 4.90 Å². The van der Waals surface area contributed by atoms with Crippen LogP contribution in [-0.2, 0) is 4.79 Å². The third-order valence-electron chi connectivity index (χ3n) is 6.35. The molecule has 2 bridgehead atoms. The number of carbonyl (C=O) groups excluding carboxylic acids is 1. The van der Waals surface area contributed by atoms with E-state index in [2.05, 4.69) is 20.8 Å². The number of hydrogen-bond donors (Lipinski definition) is 0. The molecule has 106 valence electrons. The molecule has 0 radical (unpaired) electrons. The van der Waals surface area contributed by atoms with Crippen LogP contribution in [0.5, 0.6) is 0 Å². The molecule has 4 atom stereocenters. The van der Waals surface area contributed by atoms with E-state index in [1.165, 1.54) is 38.5 Å². The highest BCUT2D eigenvalue weighted by molar-refractivity contribution is 9.09. The summed E-state index contributed by atoms with van der Waals surface area (Å²) in [6.45, 7) is 0.986. The van der Waals surface area contributed by atoms with E-state index in [0.29, 0.717) is 17.9 Å². The van der Waals surface area contributed by atoms with Gasteiger partial charge >= 0.3 is 0 Å². The molecule has 0 aromatic rings. The summed E-state index contributed by atoms with van der Waals surface area (Å²) in [5.74, 6) is 4.43. The van der Waals surface area contributed by atoms with Gasteiger partial charge in [0.15, 0.2) is 0 Å².